The van der Waals surface area contributed by atoms with Gasteiger partial charge in [-0.1, -0.05) is 12.1 Å². The molecular weight excluding hydrogens is 403 g/mol. The molecule has 1 aliphatic heterocycles. The van der Waals surface area contributed by atoms with Crippen LogP contribution < -0.4 is 14.2 Å². The number of ether oxygens (including phenoxy) is 4. The fourth-order valence-corrected chi connectivity index (χ4v) is 3.02. The van der Waals surface area contributed by atoms with Crippen molar-refractivity contribution in [2.75, 3.05) is 34.0 Å². The summed E-state index contributed by atoms with van der Waals surface area (Å²) in [6.07, 6.45) is -4.07. The smallest absolute Gasteiger partial charge is 0.419 e. The predicted octanol–water partition coefficient (Wildman–Crippen LogP) is 3.86. The first-order valence-electron chi connectivity index (χ1n) is 9.03. The summed E-state index contributed by atoms with van der Waals surface area (Å²) >= 11 is 0. The van der Waals surface area contributed by atoms with Gasteiger partial charge in [-0.2, -0.15) is 13.2 Å². The lowest BCUT2D eigenvalue weighted by Gasteiger charge is -2.20. The number of Topliss-reactive ketones (excluding diaryl/α,β-unsaturated/α-hetero) is 1. The van der Waals surface area contributed by atoms with Gasteiger partial charge in [-0.05, 0) is 35.4 Å². The molecule has 1 atom stereocenters. The molecule has 0 aromatic heterocycles. The SMILES string of the molecule is COc1cc(C=NCC(=O)C(OC)c2ccc3c(c2)OCCO3)ccc1C(F)(F)F. The van der Waals surface area contributed by atoms with Crippen molar-refractivity contribution < 1.29 is 36.9 Å². The number of methoxy groups -OCH3 is 2. The largest absolute Gasteiger partial charge is 0.496 e. The van der Waals surface area contributed by atoms with Crippen molar-refractivity contribution in [1.29, 1.82) is 0 Å². The van der Waals surface area contributed by atoms with Gasteiger partial charge in [-0.3, -0.25) is 9.79 Å². The van der Waals surface area contributed by atoms with Crippen molar-refractivity contribution >= 4 is 12.0 Å². The van der Waals surface area contributed by atoms with Gasteiger partial charge in [0.1, 0.15) is 31.6 Å². The van der Waals surface area contributed by atoms with E-state index in [1.807, 2.05) is 0 Å². The fourth-order valence-electron chi connectivity index (χ4n) is 3.02. The molecule has 0 saturated heterocycles. The number of fused-ring (bicyclic) bond motifs is 1. The van der Waals surface area contributed by atoms with E-state index < -0.39 is 17.8 Å². The molecule has 2 aromatic rings. The second-order valence-electron chi connectivity index (χ2n) is 6.41. The molecule has 0 radical (unpaired) electrons. The number of carbonyl (C=O) groups is 1. The first-order valence-corrected chi connectivity index (χ1v) is 9.03. The molecule has 3 rings (SSSR count). The molecule has 160 valence electrons. The molecule has 2 aromatic carbocycles. The number of rotatable bonds is 7. The Morgan fingerprint density at radius 2 is 1.87 bits per heavy atom. The number of aliphatic imine (C=N–C) groups is 1. The van der Waals surface area contributed by atoms with Crippen molar-refractivity contribution in [3.8, 4) is 17.2 Å². The molecule has 9 heteroatoms. The zero-order chi connectivity index (χ0) is 21.7. The van der Waals surface area contributed by atoms with E-state index in [1.54, 1.807) is 18.2 Å². The van der Waals surface area contributed by atoms with Gasteiger partial charge >= 0.3 is 6.18 Å². The molecule has 0 saturated carbocycles. The van der Waals surface area contributed by atoms with Crippen LogP contribution in [-0.4, -0.2) is 46.0 Å². The van der Waals surface area contributed by atoms with E-state index in [0.717, 1.165) is 13.2 Å². The maximum Gasteiger partial charge on any atom is 0.419 e. The van der Waals surface area contributed by atoms with Gasteiger partial charge in [-0.25, -0.2) is 0 Å². The third-order valence-corrected chi connectivity index (χ3v) is 4.42. The summed E-state index contributed by atoms with van der Waals surface area (Å²) in [5.41, 5.74) is 0.0929. The minimum atomic E-state index is -4.52. The molecule has 6 nitrogen and oxygen atoms in total. The van der Waals surface area contributed by atoms with E-state index >= 15 is 0 Å². The molecule has 30 heavy (non-hydrogen) atoms. The lowest BCUT2D eigenvalue weighted by Crippen LogP contribution is -2.19. The van der Waals surface area contributed by atoms with Crippen LogP contribution in [0.2, 0.25) is 0 Å². The van der Waals surface area contributed by atoms with Crippen LogP contribution in [0.4, 0.5) is 13.2 Å². The third kappa shape index (κ3) is 4.91. The Morgan fingerprint density at radius 1 is 1.13 bits per heavy atom. The Bertz CT molecular complexity index is 943. The van der Waals surface area contributed by atoms with Crippen LogP contribution in [0.5, 0.6) is 17.2 Å². The standard InChI is InChI=1S/C21H20F3NO5/c1-27-18-9-13(3-5-15(18)21(22,23)24)11-25-12-16(26)20(28-2)14-4-6-17-19(10-14)30-8-7-29-17/h3-6,9-11,20H,7-8,12H2,1-2H3. The minimum absolute atomic E-state index is 0.212. The highest BCUT2D eigenvalue weighted by molar-refractivity contribution is 5.89. The zero-order valence-electron chi connectivity index (χ0n) is 16.4. The molecule has 1 heterocycles. The number of benzene rings is 2. The Hall–Kier alpha value is -3.07. The highest BCUT2D eigenvalue weighted by Gasteiger charge is 2.34. The average molecular weight is 423 g/mol. The van der Waals surface area contributed by atoms with Crippen molar-refractivity contribution in [2.45, 2.75) is 12.3 Å². The van der Waals surface area contributed by atoms with Gasteiger partial charge in [0, 0.05) is 13.3 Å². The van der Waals surface area contributed by atoms with Crippen molar-refractivity contribution in [3.63, 3.8) is 0 Å². The van der Waals surface area contributed by atoms with Gasteiger partial charge < -0.3 is 18.9 Å². The summed E-state index contributed by atoms with van der Waals surface area (Å²) in [6, 6.07) is 8.49. The average Bonchev–Trinajstić information content (AvgIpc) is 2.73. The highest BCUT2D eigenvalue weighted by Crippen LogP contribution is 2.36. The maximum absolute atomic E-state index is 12.9. The molecule has 1 unspecified atom stereocenters. The van der Waals surface area contributed by atoms with E-state index in [0.29, 0.717) is 35.8 Å². The van der Waals surface area contributed by atoms with Crippen LogP contribution in [0.15, 0.2) is 41.4 Å². The molecule has 1 aliphatic rings. The Morgan fingerprint density at radius 3 is 2.53 bits per heavy atom. The number of hydrogen-bond acceptors (Lipinski definition) is 6. The Labute approximate surface area is 171 Å². The van der Waals surface area contributed by atoms with Gasteiger partial charge in [0.2, 0.25) is 0 Å². The maximum atomic E-state index is 12.9. The van der Waals surface area contributed by atoms with E-state index in [4.69, 9.17) is 18.9 Å². The number of halogens is 3. The lowest BCUT2D eigenvalue weighted by atomic mass is 10.0. The fraction of sp³-hybridized carbons (Fsp3) is 0.333. The molecule has 0 N–H and O–H groups in total. The van der Waals surface area contributed by atoms with Gasteiger partial charge in [0.05, 0.1) is 12.7 Å². The quantitative estimate of drug-likeness (QED) is 0.633. The third-order valence-electron chi connectivity index (χ3n) is 4.42. The van der Waals surface area contributed by atoms with Crippen LogP contribution in [0.1, 0.15) is 22.8 Å². The zero-order valence-corrected chi connectivity index (χ0v) is 16.4. The Kier molecular flexibility index (Phi) is 6.61. The predicted molar refractivity (Wildman–Crippen MR) is 103 cm³/mol. The van der Waals surface area contributed by atoms with Gasteiger partial charge in [-0.15, -0.1) is 0 Å². The highest BCUT2D eigenvalue weighted by atomic mass is 19.4. The second kappa shape index (κ2) is 9.17. The van der Waals surface area contributed by atoms with E-state index in [9.17, 15) is 18.0 Å². The van der Waals surface area contributed by atoms with Gasteiger partial charge in [0.25, 0.3) is 0 Å². The number of carbonyl (C=O) groups excluding carboxylic acids is 1. The summed E-state index contributed by atoms with van der Waals surface area (Å²) in [7, 11) is 2.56. The van der Waals surface area contributed by atoms with Crippen molar-refractivity contribution in [1.82, 2.24) is 0 Å². The van der Waals surface area contributed by atoms with E-state index in [1.165, 1.54) is 25.5 Å². The molecule has 0 fully saturated rings. The number of nitrogens with zero attached hydrogens (tertiary/aromatic N) is 1. The van der Waals surface area contributed by atoms with Crippen molar-refractivity contribution in [3.05, 3.63) is 53.1 Å². The second-order valence-corrected chi connectivity index (χ2v) is 6.41. The first kappa shape index (κ1) is 21.6. The van der Waals surface area contributed by atoms with Crippen LogP contribution in [0, 0.1) is 0 Å². The molecule has 0 aliphatic carbocycles. The van der Waals surface area contributed by atoms with Crippen molar-refractivity contribution in [2.24, 2.45) is 4.99 Å². The monoisotopic (exact) mass is 423 g/mol. The van der Waals surface area contributed by atoms with Gasteiger partial charge in [0.15, 0.2) is 17.3 Å². The minimum Gasteiger partial charge on any atom is -0.496 e. The van der Waals surface area contributed by atoms with Crippen LogP contribution in [0.25, 0.3) is 0 Å². The molecule has 0 amide bonds. The summed E-state index contributed by atoms with van der Waals surface area (Å²) < 4.78 is 59.9. The topological polar surface area (TPSA) is 66.4 Å². The molecule has 0 bridgehead atoms. The summed E-state index contributed by atoms with van der Waals surface area (Å²) in [6.45, 7) is 0.668. The van der Waals surface area contributed by atoms with Crippen LogP contribution in [-0.2, 0) is 15.7 Å². The summed E-state index contributed by atoms with van der Waals surface area (Å²) in [5, 5.41) is 0. The summed E-state index contributed by atoms with van der Waals surface area (Å²) in [5.74, 6) is 0.503. The normalized spacial score (nSPS) is 14.6. The molecular formula is C21H20F3NO5. The number of alkyl halides is 3. The summed E-state index contributed by atoms with van der Waals surface area (Å²) in [4.78, 5) is 16.6. The number of ketones is 1. The molecule has 0 spiro atoms. The van der Waals surface area contributed by atoms with E-state index in [2.05, 4.69) is 4.99 Å². The van der Waals surface area contributed by atoms with Crippen LogP contribution >= 0.6 is 0 Å². The Balaban J connectivity index is 1.70. The number of hydrogen-bond donors (Lipinski definition) is 0. The lowest BCUT2D eigenvalue weighted by molar-refractivity contribution is -0.138. The van der Waals surface area contributed by atoms with E-state index in [-0.39, 0.29) is 18.1 Å². The van der Waals surface area contributed by atoms with Crippen LogP contribution in [0.3, 0.4) is 0 Å². The first-order chi connectivity index (χ1) is 14.3.